The monoisotopic (exact) mass is 562 g/mol. The number of anilines is 2. The van der Waals surface area contributed by atoms with Crippen molar-refractivity contribution >= 4 is 53.0 Å². The lowest BCUT2D eigenvalue weighted by Gasteiger charge is -2.45. The zero-order valence-electron chi connectivity index (χ0n) is 20.5. The quantitative estimate of drug-likeness (QED) is 0.418. The molecule has 7 nitrogen and oxygen atoms in total. The molecule has 1 N–H and O–H groups in total. The predicted octanol–water partition coefficient (Wildman–Crippen LogP) is 5.89. The van der Waals surface area contributed by atoms with Crippen LogP contribution >= 0.6 is 24.0 Å². The van der Waals surface area contributed by atoms with Crippen LogP contribution in [0.3, 0.4) is 0 Å². The normalized spacial score (nSPS) is 16.9. The number of carboxylic acids is 1. The van der Waals surface area contributed by atoms with Crippen molar-refractivity contribution in [1.29, 1.82) is 0 Å². The van der Waals surface area contributed by atoms with E-state index < -0.39 is 17.8 Å². The molecule has 3 aromatic rings. The summed E-state index contributed by atoms with van der Waals surface area (Å²) < 4.78 is 34.0. The van der Waals surface area contributed by atoms with Gasteiger partial charge in [-0.3, -0.25) is 4.79 Å². The predicted molar refractivity (Wildman–Crippen MR) is 146 cm³/mol. The van der Waals surface area contributed by atoms with Crippen molar-refractivity contribution in [1.82, 2.24) is 4.90 Å². The van der Waals surface area contributed by atoms with Crippen LogP contribution in [-0.4, -0.2) is 55.2 Å². The van der Waals surface area contributed by atoms with Crippen molar-refractivity contribution in [2.24, 2.45) is 4.99 Å². The Kier molecular flexibility index (Phi) is 8.28. The number of halogens is 4. The standard InChI is InChI=1S/C27H25ClF2N4O3.ClH/c1-37-24-10-5-17(28)15-23(24)34-22(16-25(35)36)20-3-2-4-21(30)26(20)31-27(34)33-13-11-32(12-14-33)19-8-6-18(29)7-9-19;/h2-10,15,22H,11-14,16H2,1H3,(H,35,36);1H. The second-order valence-electron chi connectivity index (χ2n) is 8.84. The van der Waals surface area contributed by atoms with Gasteiger partial charge >= 0.3 is 5.97 Å². The number of hydrogen-bond donors (Lipinski definition) is 1. The topological polar surface area (TPSA) is 68.6 Å². The number of guanidine groups is 1. The van der Waals surface area contributed by atoms with Crippen LogP contribution in [0.1, 0.15) is 18.0 Å². The molecule has 0 radical (unpaired) electrons. The number of carboxylic acid groups (broad SMARTS) is 1. The van der Waals surface area contributed by atoms with Crippen LogP contribution in [0.2, 0.25) is 5.02 Å². The van der Waals surface area contributed by atoms with Gasteiger partial charge in [-0.15, -0.1) is 12.4 Å². The van der Waals surface area contributed by atoms with Crippen LogP contribution in [-0.2, 0) is 4.79 Å². The Morgan fingerprint density at radius 1 is 1.05 bits per heavy atom. The summed E-state index contributed by atoms with van der Waals surface area (Å²) in [4.78, 5) is 22.7. The van der Waals surface area contributed by atoms with E-state index >= 15 is 4.39 Å². The second-order valence-corrected chi connectivity index (χ2v) is 9.28. The summed E-state index contributed by atoms with van der Waals surface area (Å²) in [5, 5.41) is 10.3. The Labute approximate surface area is 230 Å². The molecule has 200 valence electrons. The van der Waals surface area contributed by atoms with E-state index in [9.17, 15) is 14.3 Å². The lowest BCUT2D eigenvalue weighted by molar-refractivity contribution is -0.137. The average molecular weight is 563 g/mol. The molecular formula is C27H26Cl2F2N4O3. The minimum absolute atomic E-state index is 0. The summed E-state index contributed by atoms with van der Waals surface area (Å²) in [5.41, 5.74) is 2.04. The minimum Gasteiger partial charge on any atom is -0.495 e. The Balaban J connectivity index is 0.00000336. The first-order valence-electron chi connectivity index (χ1n) is 11.8. The van der Waals surface area contributed by atoms with E-state index in [0.29, 0.717) is 54.2 Å². The molecule has 0 spiro atoms. The van der Waals surface area contributed by atoms with Gasteiger partial charge in [0, 0.05) is 42.5 Å². The number of aliphatic imine (C=N–C) groups is 1. The molecular weight excluding hydrogens is 537 g/mol. The van der Waals surface area contributed by atoms with Crippen molar-refractivity contribution < 1.29 is 23.4 Å². The van der Waals surface area contributed by atoms with Crippen molar-refractivity contribution in [3.63, 3.8) is 0 Å². The van der Waals surface area contributed by atoms with E-state index in [-0.39, 0.29) is 30.3 Å². The SMILES string of the molecule is COc1ccc(Cl)cc1N1C(N2CCN(c3ccc(F)cc3)CC2)=Nc2c(F)cccc2C1CC(=O)O.Cl. The molecule has 38 heavy (non-hydrogen) atoms. The van der Waals surface area contributed by atoms with Crippen LogP contribution < -0.4 is 14.5 Å². The average Bonchev–Trinajstić information content (AvgIpc) is 2.89. The lowest BCUT2D eigenvalue weighted by Crippen LogP contribution is -2.55. The van der Waals surface area contributed by atoms with E-state index in [4.69, 9.17) is 21.3 Å². The first-order chi connectivity index (χ1) is 17.9. The largest absolute Gasteiger partial charge is 0.495 e. The Bertz CT molecular complexity index is 1350. The van der Waals surface area contributed by atoms with E-state index in [2.05, 4.69) is 4.90 Å². The van der Waals surface area contributed by atoms with Gasteiger partial charge in [-0.05, 0) is 48.5 Å². The van der Waals surface area contributed by atoms with Crippen molar-refractivity contribution in [2.45, 2.75) is 12.5 Å². The number of ether oxygens (including phenoxy) is 1. The van der Waals surface area contributed by atoms with Gasteiger partial charge in [0.25, 0.3) is 0 Å². The first kappa shape index (κ1) is 27.5. The molecule has 2 aliphatic heterocycles. The third-order valence-electron chi connectivity index (χ3n) is 6.64. The zero-order chi connectivity index (χ0) is 26.1. The van der Waals surface area contributed by atoms with Crippen molar-refractivity contribution in [3.8, 4) is 5.75 Å². The zero-order valence-corrected chi connectivity index (χ0v) is 22.1. The van der Waals surface area contributed by atoms with Crippen LogP contribution in [0, 0.1) is 11.6 Å². The highest BCUT2D eigenvalue weighted by Crippen LogP contribution is 2.45. The van der Waals surface area contributed by atoms with Crippen LogP contribution in [0.25, 0.3) is 0 Å². The van der Waals surface area contributed by atoms with Gasteiger partial charge in [-0.25, -0.2) is 13.8 Å². The summed E-state index contributed by atoms with van der Waals surface area (Å²) in [5.74, 6) is -0.947. The maximum atomic E-state index is 15.0. The van der Waals surface area contributed by atoms with Crippen LogP contribution in [0.15, 0.2) is 65.7 Å². The van der Waals surface area contributed by atoms with E-state index in [1.807, 2.05) is 4.90 Å². The number of hydrogen-bond acceptors (Lipinski definition) is 6. The smallest absolute Gasteiger partial charge is 0.305 e. The molecule has 2 heterocycles. The molecule has 2 aliphatic rings. The summed E-state index contributed by atoms with van der Waals surface area (Å²) in [6.45, 7) is 2.27. The first-order valence-corrected chi connectivity index (χ1v) is 12.2. The summed E-state index contributed by atoms with van der Waals surface area (Å²) in [7, 11) is 1.52. The van der Waals surface area contributed by atoms with Crippen molar-refractivity contribution in [3.05, 3.63) is 82.9 Å². The molecule has 0 saturated carbocycles. The lowest BCUT2D eigenvalue weighted by atomic mass is 9.97. The van der Waals surface area contributed by atoms with Crippen LogP contribution in [0.5, 0.6) is 5.75 Å². The summed E-state index contributed by atoms with van der Waals surface area (Å²) >= 11 is 6.36. The molecule has 1 saturated heterocycles. The van der Waals surface area contributed by atoms with E-state index in [1.54, 1.807) is 47.4 Å². The van der Waals surface area contributed by atoms with Gasteiger partial charge in [0.1, 0.15) is 23.1 Å². The Morgan fingerprint density at radius 3 is 2.39 bits per heavy atom. The second kappa shape index (κ2) is 11.4. The highest BCUT2D eigenvalue weighted by atomic mass is 35.5. The number of carbonyl (C=O) groups is 1. The molecule has 11 heteroatoms. The maximum absolute atomic E-state index is 15.0. The molecule has 1 fully saturated rings. The Morgan fingerprint density at radius 2 is 1.74 bits per heavy atom. The summed E-state index contributed by atoms with van der Waals surface area (Å²) in [6, 6.07) is 15.2. The van der Waals surface area contributed by atoms with E-state index in [0.717, 1.165) is 5.69 Å². The number of methoxy groups -OCH3 is 1. The molecule has 1 atom stereocenters. The molecule has 0 aromatic heterocycles. The highest BCUT2D eigenvalue weighted by Gasteiger charge is 2.38. The van der Waals surface area contributed by atoms with Gasteiger partial charge in [0.15, 0.2) is 0 Å². The number of nitrogens with zero attached hydrogens (tertiary/aromatic N) is 4. The number of para-hydroxylation sites is 1. The molecule has 0 aliphatic carbocycles. The highest BCUT2D eigenvalue weighted by molar-refractivity contribution is 6.31. The minimum atomic E-state index is -1.03. The summed E-state index contributed by atoms with van der Waals surface area (Å²) in [6.07, 6.45) is -0.291. The number of fused-ring (bicyclic) bond motifs is 1. The van der Waals surface area contributed by atoms with Crippen molar-refractivity contribution in [2.75, 3.05) is 43.1 Å². The Hall–Kier alpha value is -3.56. The van der Waals surface area contributed by atoms with Gasteiger partial charge < -0.3 is 24.5 Å². The fraction of sp³-hybridized carbons (Fsp3) is 0.259. The third kappa shape index (κ3) is 5.35. The third-order valence-corrected chi connectivity index (χ3v) is 6.87. The van der Waals surface area contributed by atoms with Gasteiger partial charge in [-0.1, -0.05) is 23.7 Å². The molecule has 1 unspecified atom stereocenters. The number of benzene rings is 3. The molecule has 0 amide bonds. The van der Waals surface area contributed by atoms with Gasteiger partial charge in [0.05, 0.1) is 25.3 Å². The molecule has 3 aromatic carbocycles. The van der Waals surface area contributed by atoms with Gasteiger partial charge in [0.2, 0.25) is 5.96 Å². The van der Waals surface area contributed by atoms with Crippen LogP contribution in [0.4, 0.5) is 25.8 Å². The molecule has 0 bridgehead atoms. The molecule has 5 rings (SSSR count). The number of aliphatic carboxylic acids is 1. The fourth-order valence-corrected chi connectivity index (χ4v) is 5.05. The number of piperazine rings is 1. The fourth-order valence-electron chi connectivity index (χ4n) is 4.88. The van der Waals surface area contributed by atoms with Gasteiger partial charge in [-0.2, -0.15) is 0 Å². The number of rotatable bonds is 5. The van der Waals surface area contributed by atoms with E-state index in [1.165, 1.54) is 25.3 Å². The maximum Gasteiger partial charge on any atom is 0.305 e.